The van der Waals surface area contributed by atoms with Crippen LogP contribution in [0.15, 0.2) is 4.99 Å². The summed E-state index contributed by atoms with van der Waals surface area (Å²) in [6.45, 7) is 3.54. The first kappa shape index (κ1) is 30.9. The summed E-state index contributed by atoms with van der Waals surface area (Å²) in [5.74, 6) is -4.58. The highest BCUT2D eigenvalue weighted by Crippen LogP contribution is 2.07. The molecule has 194 valence electrons. The monoisotopic (exact) mass is 504 g/mol. The zero-order valence-corrected chi connectivity index (χ0v) is 20.2. The maximum absolute atomic E-state index is 12.9. The van der Waals surface area contributed by atoms with Crippen molar-refractivity contribution in [3.8, 4) is 0 Å². The predicted octanol–water partition coefficient (Wildman–Crippen LogP) is -3.24. The fraction of sp³-hybridized carbons (Fsp3) is 0.684. The summed E-state index contributed by atoms with van der Waals surface area (Å²) in [5.41, 5.74) is 21.3. The van der Waals surface area contributed by atoms with E-state index in [2.05, 4.69) is 33.6 Å². The Balaban J connectivity index is 5.54. The van der Waals surface area contributed by atoms with Gasteiger partial charge in [-0.25, -0.2) is 4.79 Å². The van der Waals surface area contributed by atoms with Crippen LogP contribution < -0.4 is 38.9 Å². The molecule has 4 unspecified atom stereocenters. The molecule has 0 aliphatic carbocycles. The smallest absolute Gasteiger partial charge is 0.326 e. The van der Waals surface area contributed by atoms with E-state index in [1.807, 2.05) is 0 Å². The lowest BCUT2D eigenvalue weighted by Crippen LogP contribution is -2.58. The largest absolute Gasteiger partial charge is 0.480 e. The number of nitrogens with zero attached hydrogens (tertiary/aromatic N) is 1. The number of rotatable bonds is 16. The molecule has 0 saturated carbocycles. The van der Waals surface area contributed by atoms with Gasteiger partial charge in [0.15, 0.2) is 5.96 Å². The molecule has 0 rings (SSSR count). The van der Waals surface area contributed by atoms with Crippen LogP contribution in [0.25, 0.3) is 0 Å². The Labute approximate surface area is 203 Å². The number of hydrogen-bond acceptors (Lipinski definition) is 8. The van der Waals surface area contributed by atoms with Gasteiger partial charge in [-0.1, -0.05) is 13.8 Å². The number of carboxylic acid groups (broad SMARTS) is 1. The molecular weight excluding hydrogens is 468 g/mol. The number of aliphatic imine (C=N–C) groups is 1. The number of nitrogens with two attached hydrogens (primary N) is 4. The van der Waals surface area contributed by atoms with Gasteiger partial charge in [0.2, 0.25) is 23.6 Å². The summed E-state index contributed by atoms with van der Waals surface area (Å²) in [6, 6.07) is -4.52. The number of nitrogens with one attached hydrogen (secondary N) is 3. The number of carbonyl (C=O) groups excluding carboxylic acids is 4. The molecule has 0 aliphatic rings. The Morgan fingerprint density at radius 1 is 0.912 bits per heavy atom. The SMILES string of the molecule is CC(C)C(NC(=O)C(N)CS)C(=O)NC(CCCN=C(N)N)C(=O)NC(CCC(N)=O)C(=O)O. The second-order valence-electron chi connectivity index (χ2n) is 7.93. The first-order chi connectivity index (χ1) is 15.8. The van der Waals surface area contributed by atoms with Gasteiger partial charge in [-0.05, 0) is 25.2 Å². The summed E-state index contributed by atoms with van der Waals surface area (Å²) in [6.07, 6.45) is -0.146. The van der Waals surface area contributed by atoms with Crippen LogP contribution in [0.2, 0.25) is 0 Å². The fourth-order valence-electron chi connectivity index (χ4n) is 2.73. The maximum atomic E-state index is 12.9. The Kier molecular flexibility index (Phi) is 14.3. The van der Waals surface area contributed by atoms with Crippen LogP contribution in [0, 0.1) is 5.92 Å². The molecule has 0 radical (unpaired) electrons. The molecule has 14 nitrogen and oxygen atoms in total. The number of carbonyl (C=O) groups is 5. The summed E-state index contributed by atoms with van der Waals surface area (Å²) in [4.78, 5) is 64.2. The van der Waals surface area contributed by atoms with Crippen molar-refractivity contribution < 1.29 is 29.1 Å². The van der Waals surface area contributed by atoms with E-state index in [1.165, 1.54) is 0 Å². The van der Waals surface area contributed by atoms with Crippen LogP contribution in [0.3, 0.4) is 0 Å². The number of thiol groups is 1. The number of guanidine groups is 1. The van der Waals surface area contributed by atoms with Gasteiger partial charge in [0.05, 0.1) is 6.04 Å². The van der Waals surface area contributed by atoms with Crippen molar-refractivity contribution in [2.75, 3.05) is 12.3 Å². The molecule has 0 spiro atoms. The fourth-order valence-corrected chi connectivity index (χ4v) is 2.89. The minimum atomic E-state index is -1.40. The highest BCUT2D eigenvalue weighted by Gasteiger charge is 2.31. The van der Waals surface area contributed by atoms with Crippen molar-refractivity contribution in [1.29, 1.82) is 0 Å². The predicted molar refractivity (Wildman–Crippen MR) is 128 cm³/mol. The van der Waals surface area contributed by atoms with E-state index in [9.17, 15) is 29.1 Å². The molecule has 0 fully saturated rings. The number of aliphatic carboxylic acids is 1. The normalized spacial score (nSPS) is 14.3. The lowest BCUT2D eigenvalue weighted by atomic mass is 10.0. The van der Waals surface area contributed by atoms with Gasteiger partial charge in [-0.3, -0.25) is 24.2 Å². The molecule has 0 aromatic rings. The van der Waals surface area contributed by atoms with E-state index in [0.29, 0.717) is 0 Å². The van der Waals surface area contributed by atoms with Crippen LogP contribution in [0.5, 0.6) is 0 Å². The molecule has 0 aromatic heterocycles. The zero-order chi connectivity index (χ0) is 26.4. The Morgan fingerprint density at radius 3 is 1.97 bits per heavy atom. The molecule has 0 saturated heterocycles. The van der Waals surface area contributed by atoms with E-state index in [1.54, 1.807) is 13.8 Å². The van der Waals surface area contributed by atoms with Gasteiger partial charge in [0.1, 0.15) is 18.1 Å². The van der Waals surface area contributed by atoms with Crippen LogP contribution in [-0.4, -0.2) is 77.1 Å². The second-order valence-corrected chi connectivity index (χ2v) is 8.30. The van der Waals surface area contributed by atoms with Crippen molar-refractivity contribution in [1.82, 2.24) is 16.0 Å². The van der Waals surface area contributed by atoms with Crippen LogP contribution in [0.1, 0.15) is 39.5 Å². The van der Waals surface area contributed by atoms with Crippen molar-refractivity contribution in [3.63, 3.8) is 0 Å². The highest BCUT2D eigenvalue weighted by atomic mass is 32.1. The van der Waals surface area contributed by atoms with Crippen LogP contribution in [-0.2, 0) is 24.0 Å². The zero-order valence-electron chi connectivity index (χ0n) is 19.3. The van der Waals surface area contributed by atoms with Gasteiger partial charge in [0.25, 0.3) is 0 Å². The minimum absolute atomic E-state index is 0.0609. The topological polar surface area (TPSA) is 258 Å². The highest BCUT2D eigenvalue weighted by molar-refractivity contribution is 7.80. The van der Waals surface area contributed by atoms with Gasteiger partial charge in [-0.2, -0.15) is 12.6 Å². The third-order valence-corrected chi connectivity index (χ3v) is 5.05. The summed E-state index contributed by atoms with van der Waals surface area (Å²) >= 11 is 3.96. The van der Waals surface area contributed by atoms with E-state index in [0.717, 1.165) is 0 Å². The summed E-state index contributed by atoms with van der Waals surface area (Å²) in [5, 5.41) is 16.7. The maximum Gasteiger partial charge on any atom is 0.326 e. The Morgan fingerprint density at radius 2 is 1.50 bits per heavy atom. The molecule has 15 heteroatoms. The molecule has 0 heterocycles. The Bertz CT molecular complexity index is 759. The summed E-state index contributed by atoms with van der Waals surface area (Å²) in [7, 11) is 0. The van der Waals surface area contributed by atoms with E-state index in [-0.39, 0.29) is 49.9 Å². The number of primary amides is 1. The molecule has 12 N–H and O–H groups in total. The molecule has 4 amide bonds. The average molecular weight is 505 g/mol. The van der Waals surface area contributed by atoms with Crippen molar-refractivity contribution in [2.24, 2.45) is 33.8 Å². The molecular formula is C19H36N8O6S. The van der Waals surface area contributed by atoms with Gasteiger partial charge < -0.3 is 44.0 Å². The molecule has 0 bridgehead atoms. The standard InChI is InChI=1S/C19H36N8O6S/c1-9(2)14(27-15(29)10(20)8-34)17(31)25-11(4-3-7-24-19(22)23)16(30)26-12(18(32)33)5-6-13(21)28/h9-12,14,34H,3-8,20H2,1-2H3,(H2,21,28)(H,25,31)(H,26,30)(H,27,29)(H,32,33)(H4,22,23,24). The first-order valence-electron chi connectivity index (χ1n) is 10.6. The molecule has 0 aromatic carbocycles. The molecule has 4 atom stereocenters. The quantitative estimate of drug-likeness (QED) is 0.0442. The molecule has 0 aliphatic heterocycles. The Hall–Kier alpha value is -3.07. The first-order valence-corrected chi connectivity index (χ1v) is 11.3. The molecule has 34 heavy (non-hydrogen) atoms. The summed E-state index contributed by atoms with van der Waals surface area (Å²) < 4.78 is 0. The number of amides is 4. The van der Waals surface area contributed by atoms with E-state index < -0.39 is 53.8 Å². The van der Waals surface area contributed by atoms with Gasteiger partial charge in [-0.15, -0.1) is 0 Å². The van der Waals surface area contributed by atoms with Crippen LogP contribution >= 0.6 is 12.6 Å². The lowest BCUT2D eigenvalue weighted by Gasteiger charge is -2.26. The minimum Gasteiger partial charge on any atom is -0.480 e. The van der Waals surface area contributed by atoms with Crippen molar-refractivity contribution >= 4 is 48.2 Å². The van der Waals surface area contributed by atoms with E-state index >= 15 is 0 Å². The third kappa shape index (κ3) is 12.2. The van der Waals surface area contributed by atoms with Crippen molar-refractivity contribution in [2.45, 2.75) is 63.7 Å². The van der Waals surface area contributed by atoms with E-state index in [4.69, 9.17) is 22.9 Å². The van der Waals surface area contributed by atoms with Crippen LogP contribution in [0.4, 0.5) is 0 Å². The van der Waals surface area contributed by atoms with Crippen molar-refractivity contribution in [3.05, 3.63) is 0 Å². The van der Waals surface area contributed by atoms with Gasteiger partial charge in [0, 0.05) is 18.7 Å². The number of carboxylic acids is 1. The number of hydrogen-bond donors (Lipinski definition) is 9. The lowest BCUT2D eigenvalue weighted by molar-refractivity contribution is -0.142. The van der Waals surface area contributed by atoms with Gasteiger partial charge >= 0.3 is 5.97 Å². The second kappa shape index (κ2) is 15.7. The third-order valence-electron chi connectivity index (χ3n) is 4.65. The average Bonchev–Trinajstić information content (AvgIpc) is 2.74.